The van der Waals surface area contributed by atoms with E-state index in [9.17, 15) is 8.42 Å². The first-order valence-electron chi connectivity index (χ1n) is 8.84. The third kappa shape index (κ3) is 2.80. The van der Waals surface area contributed by atoms with E-state index in [-0.39, 0.29) is 5.41 Å². The Hall–Kier alpha value is -1.96. The van der Waals surface area contributed by atoms with Crippen molar-refractivity contribution in [1.29, 1.82) is 0 Å². The second kappa shape index (κ2) is 6.33. The van der Waals surface area contributed by atoms with Crippen LogP contribution in [0.5, 0.6) is 0 Å². The molecule has 0 radical (unpaired) electrons. The highest BCUT2D eigenvalue weighted by Gasteiger charge is 2.51. The van der Waals surface area contributed by atoms with Gasteiger partial charge in [-0.1, -0.05) is 30.3 Å². The lowest BCUT2D eigenvalue weighted by molar-refractivity contribution is 0.394. The van der Waals surface area contributed by atoms with E-state index < -0.39 is 10.2 Å². The van der Waals surface area contributed by atoms with Crippen LogP contribution in [0.25, 0.3) is 0 Å². The summed E-state index contributed by atoms with van der Waals surface area (Å²) in [6, 6.07) is 14.4. The van der Waals surface area contributed by atoms with Gasteiger partial charge in [0, 0.05) is 51.9 Å². The van der Waals surface area contributed by atoms with Gasteiger partial charge in [0.15, 0.2) is 0 Å². The topological polar surface area (TPSA) is 56.8 Å². The van der Waals surface area contributed by atoms with E-state index in [1.54, 1.807) is 18.4 Å². The summed E-state index contributed by atoms with van der Waals surface area (Å²) in [6.07, 6.45) is 2.62. The Morgan fingerprint density at radius 2 is 1.88 bits per heavy atom. The second-order valence-corrected chi connectivity index (χ2v) is 9.51. The van der Waals surface area contributed by atoms with Crippen molar-refractivity contribution in [2.24, 2.45) is 0 Å². The molecule has 0 amide bonds. The van der Waals surface area contributed by atoms with Crippen molar-refractivity contribution in [2.45, 2.75) is 18.4 Å². The molecule has 2 aliphatic heterocycles. The maximum atomic E-state index is 12.6. The fraction of sp³-hybridized carbons (Fsp3) is 0.421. The Kier molecular flexibility index (Phi) is 4.25. The summed E-state index contributed by atoms with van der Waals surface area (Å²) in [5.74, 6) is 0. The number of benzene rings is 1. The molecule has 1 aromatic heterocycles. The Morgan fingerprint density at radius 3 is 2.62 bits per heavy atom. The van der Waals surface area contributed by atoms with E-state index in [0.717, 1.165) is 30.9 Å². The van der Waals surface area contributed by atoms with E-state index in [1.807, 2.05) is 30.5 Å². The van der Waals surface area contributed by atoms with E-state index in [0.29, 0.717) is 13.1 Å². The number of anilines is 1. The minimum absolute atomic E-state index is 0.228. The predicted molar refractivity (Wildman–Crippen MR) is 102 cm³/mol. The van der Waals surface area contributed by atoms with Gasteiger partial charge in [0.25, 0.3) is 10.2 Å². The predicted octanol–water partition coefficient (Wildman–Crippen LogP) is 1.85. The van der Waals surface area contributed by atoms with Crippen molar-refractivity contribution in [3.63, 3.8) is 0 Å². The Labute approximate surface area is 155 Å². The van der Waals surface area contributed by atoms with E-state index in [4.69, 9.17) is 0 Å². The zero-order chi connectivity index (χ0) is 18.4. The Balaban J connectivity index is 1.65. The highest BCUT2D eigenvalue weighted by molar-refractivity contribution is 7.86. The van der Waals surface area contributed by atoms with Crippen molar-refractivity contribution < 1.29 is 8.42 Å². The zero-order valence-corrected chi connectivity index (χ0v) is 16.0. The van der Waals surface area contributed by atoms with Crippen LogP contribution in [0.1, 0.15) is 17.7 Å². The molecule has 0 N–H and O–H groups in total. The summed E-state index contributed by atoms with van der Waals surface area (Å²) in [4.78, 5) is 7.01. The quantitative estimate of drug-likeness (QED) is 0.822. The molecule has 2 aliphatic rings. The second-order valence-electron chi connectivity index (χ2n) is 7.37. The van der Waals surface area contributed by atoms with Gasteiger partial charge in [0.05, 0.1) is 11.4 Å². The molecule has 1 saturated heterocycles. The van der Waals surface area contributed by atoms with Crippen LogP contribution in [0.4, 0.5) is 5.69 Å². The summed E-state index contributed by atoms with van der Waals surface area (Å²) in [5, 5.41) is 0. The van der Waals surface area contributed by atoms with Crippen LogP contribution in [0.15, 0.2) is 48.7 Å². The summed E-state index contributed by atoms with van der Waals surface area (Å²) in [7, 11) is -0.226. The first kappa shape index (κ1) is 17.5. The maximum absolute atomic E-state index is 12.6. The first-order chi connectivity index (χ1) is 12.4. The minimum atomic E-state index is -3.40. The number of nitrogens with zero attached hydrogens (tertiary/aromatic N) is 4. The number of pyridine rings is 1. The normalized spacial score (nSPS) is 23.1. The molecular weight excluding hydrogens is 348 g/mol. The molecule has 2 aromatic rings. The van der Waals surface area contributed by atoms with Crippen molar-refractivity contribution in [2.75, 3.05) is 38.6 Å². The van der Waals surface area contributed by atoms with Gasteiger partial charge < -0.3 is 4.90 Å². The van der Waals surface area contributed by atoms with Crippen molar-refractivity contribution >= 4 is 15.9 Å². The average molecular weight is 372 g/mol. The van der Waals surface area contributed by atoms with Gasteiger partial charge in [-0.05, 0) is 24.1 Å². The summed E-state index contributed by atoms with van der Waals surface area (Å²) in [6.45, 7) is 2.63. The van der Waals surface area contributed by atoms with Gasteiger partial charge >= 0.3 is 0 Å². The number of aromatic nitrogens is 1. The van der Waals surface area contributed by atoms with E-state index in [2.05, 4.69) is 28.1 Å². The monoisotopic (exact) mass is 372 g/mol. The van der Waals surface area contributed by atoms with Crippen LogP contribution in [0.2, 0.25) is 0 Å². The van der Waals surface area contributed by atoms with Gasteiger partial charge in [0.1, 0.15) is 0 Å². The maximum Gasteiger partial charge on any atom is 0.281 e. The third-order valence-corrected chi connectivity index (χ3v) is 7.33. The minimum Gasteiger partial charge on any atom is -0.365 e. The lowest BCUT2D eigenvalue weighted by Gasteiger charge is -2.26. The fourth-order valence-electron chi connectivity index (χ4n) is 4.12. The molecule has 138 valence electrons. The van der Waals surface area contributed by atoms with Crippen molar-refractivity contribution in [3.05, 3.63) is 59.9 Å². The molecule has 0 bridgehead atoms. The summed E-state index contributed by atoms with van der Waals surface area (Å²) < 4.78 is 28.0. The van der Waals surface area contributed by atoms with Crippen LogP contribution in [-0.4, -0.2) is 55.7 Å². The number of hydrogen-bond donors (Lipinski definition) is 0. The summed E-state index contributed by atoms with van der Waals surface area (Å²) in [5.41, 5.74) is 3.18. The van der Waals surface area contributed by atoms with Gasteiger partial charge in [-0.15, -0.1) is 0 Å². The number of hydrogen-bond acceptors (Lipinski definition) is 4. The third-order valence-electron chi connectivity index (χ3n) is 5.45. The molecule has 1 spiro atoms. The van der Waals surface area contributed by atoms with Gasteiger partial charge in [0.2, 0.25) is 0 Å². The van der Waals surface area contributed by atoms with Crippen molar-refractivity contribution in [1.82, 2.24) is 13.6 Å². The number of fused-ring (bicyclic) bond motifs is 2. The standard InChI is InChI=1S/C19H24N4O2S/c1-21(2)26(24,25)23-12-10-19(15-23)14-22(13-16-7-4-3-5-8-16)17-9-6-11-20-18(17)19/h3-9,11H,10,12-15H2,1-2H3/t19-/m0/s1. The Morgan fingerprint density at radius 1 is 1.12 bits per heavy atom. The molecule has 1 fully saturated rings. The number of rotatable bonds is 4. The fourth-order valence-corrected chi connectivity index (χ4v) is 5.31. The molecule has 0 saturated carbocycles. The molecule has 7 heteroatoms. The molecule has 6 nitrogen and oxygen atoms in total. The van der Waals surface area contributed by atoms with E-state index >= 15 is 0 Å². The largest absolute Gasteiger partial charge is 0.365 e. The summed E-state index contributed by atoms with van der Waals surface area (Å²) >= 11 is 0. The molecule has 1 atom stereocenters. The molecule has 0 unspecified atom stereocenters. The highest BCUT2D eigenvalue weighted by Crippen LogP contribution is 2.46. The van der Waals surface area contributed by atoms with Gasteiger partial charge in [-0.3, -0.25) is 4.98 Å². The van der Waals surface area contributed by atoms with Gasteiger partial charge in [-0.25, -0.2) is 0 Å². The van der Waals surface area contributed by atoms with Crippen LogP contribution < -0.4 is 4.90 Å². The SMILES string of the molecule is CN(C)S(=O)(=O)N1CC[C@]2(CN(Cc3ccccc3)c3cccnc32)C1. The van der Waals surface area contributed by atoms with Crippen LogP contribution in [0, 0.1) is 0 Å². The van der Waals surface area contributed by atoms with Crippen LogP contribution in [-0.2, 0) is 22.2 Å². The molecule has 4 rings (SSSR count). The van der Waals surface area contributed by atoms with Gasteiger partial charge in [-0.2, -0.15) is 17.0 Å². The molecule has 0 aliphatic carbocycles. The Bertz CT molecular complexity index is 901. The molecule has 26 heavy (non-hydrogen) atoms. The molecular formula is C19H24N4O2S. The highest BCUT2D eigenvalue weighted by atomic mass is 32.2. The van der Waals surface area contributed by atoms with Crippen molar-refractivity contribution in [3.8, 4) is 0 Å². The molecule has 1 aromatic carbocycles. The lowest BCUT2D eigenvalue weighted by atomic mass is 9.85. The van der Waals surface area contributed by atoms with E-state index in [1.165, 1.54) is 9.87 Å². The lowest BCUT2D eigenvalue weighted by Crippen LogP contribution is -2.42. The average Bonchev–Trinajstić information content (AvgIpc) is 3.20. The van der Waals surface area contributed by atoms with Crippen LogP contribution in [0.3, 0.4) is 0 Å². The first-order valence-corrected chi connectivity index (χ1v) is 10.2. The molecule has 3 heterocycles. The zero-order valence-electron chi connectivity index (χ0n) is 15.2. The van der Waals surface area contributed by atoms with Crippen LogP contribution >= 0.6 is 0 Å². The smallest absolute Gasteiger partial charge is 0.281 e.